The van der Waals surface area contributed by atoms with E-state index in [-0.39, 0.29) is 23.6 Å². The normalized spacial score (nSPS) is 23.2. The SMILES string of the molecule is CCCCCCCCCCCCCCCCOCC(Cl)CP(=O)([O-])OP(=O)(O)OC[C@H]1O[C@@H](n2cnc3c(N)ncnc32)[C@H](O)[C@@H]1O. The van der Waals surface area contributed by atoms with Crippen molar-refractivity contribution < 1.29 is 47.4 Å². The number of fused-ring (bicyclic) bond motifs is 1. The van der Waals surface area contributed by atoms with Crippen LogP contribution in [0.5, 0.6) is 0 Å². The molecular weight excluding hydrogens is 676 g/mol. The molecule has 1 fully saturated rings. The van der Waals surface area contributed by atoms with E-state index in [1.54, 1.807) is 0 Å². The molecule has 0 amide bonds. The van der Waals surface area contributed by atoms with Gasteiger partial charge in [0.15, 0.2) is 17.7 Å². The highest BCUT2D eigenvalue weighted by atomic mass is 35.5. The highest BCUT2D eigenvalue weighted by molar-refractivity contribution is 7.63. The molecule has 0 saturated carbocycles. The maximum Gasteiger partial charge on any atom is 0.477 e. The second kappa shape index (κ2) is 20.5. The minimum absolute atomic E-state index is 0.0763. The van der Waals surface area contributed by atoms with Crippen molar-refractivity contribution in [3.8, 4) is 0 Å². The van der Waals surface area contributed by atoms with E-state index in [0.29, 0.717) is 6.61 Å². The van der Waals surface area contributed by atoms with Crippen molar-refractivity contribution in [1.82, 2.24) is 19.5 Å². The minimum Gasteiger partial charge on any atom is -0.778 e. The van der Waals surface area contributed by atoms with Gasteiger partial charge in [0.25, 0.3) is 0 Å². The van der Waals surface area contributed by atoms with Crippen LogP contribution in [0.1, 0.15) is 103 Å². The Morgan fingerprint density at radius 3 is 2.19 bits per heavy atom. The third-order valence-electron chi connectivity index (χ3n) is 7.99. The van der Waals surface area contributed by atoms with Crippen LogP contribution in [-0.2, 0) is 27.4 Å². The zero-order valence-electron chi connectivity index (χ0n) is 27.1. The van der Waals surface area contributed by atoms with Crippen LogP contribution in [0.25, 0.3) is 11.2 Å². The number of ether oxygens (including phenoxy) is 2. The summed E-state index contributed by atoms with van der Waals surface area (Å²) in [6, 6.07) is 0. The first kappa shape index (κ1) is 40.2. The lowest BCUT2D eigenvalue weighted by molar-refractivity contribution is -0.192. The van der Waals surface area contributed by atoms with Crippen LogP contribution < -0.4 is 10.6 Å². The zero-order valence-corrected chi connectivity index (χ0v) is 29.7. The molecule has 0 aromatic carbocycles. The molecule has 1 aliphatic heterocycles. The average molecular weight is 727 g/mol. The second-order valence-corrected chi connectivity index (χ2v) is 16.1. The molecule has 3 unspecified atom stereocenters. The Hall–Kier alpha value is -1.22. The Kier molecular flexibility index (Phi) is 17.5. The molecule has 2 aromatic heterocycles. The van der Waals surface area contributed by atoms with E-state index in [9.17, 15) is 29.1 Å². The van der Waals surface area contributed by atoms with Gasteiger partial charge < -0.3 is 39.8 Å². The molecule has 1 saturated heterocycles. The van der Waals surface area contributed by atoms with Gasteiger partial charge in [0.2, 0.25) is 0 Å². The van der Waals surface area contributed by atoms with E-state index in [4.69, 9.17) is 31.3 Å². The Balaban J connectivity index is 1.26. The Labute approximate surface area is 281 Å². The van der Waals surface area contributed by atoms with Gasteiger partial charge in [-0.2, -0.15) is 0 Å². The monoisotopic (exact) mass is 726 g/mol. The summed E-state index contributed by atoms with van der Waals surface area (Å²) >= 11 is 6.10. The predicted octanol–water partition coefficient (Wildman–Crippen LogP) is 4.82. The van der Waals surface area contributed by atoms with E-state index in [0.717, 1.165) is 19.3 Å². The van der Waals surface area contributed by atoms with E-state index in [1.165, 1.54) is 87.9 Å². The number of nitrogens with zero attached hydrogens (tertiary/aromatic N) is 4. The molecule has 3 rings (SSSR count). The number of halogens is 1. The van der Waals surface area contributed by atoms with Gasteiger partial charge in [0.05, 0.1) is 24.9 Å². The minimum atomic E-state index is -5.16. The molecule has 270 valence electrons. The molecule has 18 heteroatoms. The number of phosphoric acid groups is 1. The van der Waals surface area contributed by atoms with Gasteiger partial charge in [-0.25, -0.2) is 23.8 Å². The van der Waals surface area contributed by atoms with Gasteiger partial charge in [-0.05, 0) is 6.42 Å². The lowest BCUT2D eigenvalue weighted by atomic mass is 10.0. The lowest BCUT2D eigenvalue weighted by Crippen LogP contribution is -2.33. The standard InChI is InChI=1S/C29H52ClN5O10P2/c1-2-3-4-5-6-7-8-9-10-11-12-13-14-15-16-42-17-22(30)19-46(38,39)45-47(40,41)43-18-23-25(36)26(37)29(44-23)35-21-34-24-27(31)32-20-33-28(24)35/h20-23,25-26,29,36-37H,2-19H2,1H3,(H,38,39)(H,40,41)(H2,31,32,33)/p-1/t22?,23-,25-,26-,29-/m1/s1. The molecular formula is C29H51ClN5O10P2-. The van der Waals surface area contributed by atoms with Crippen molar-refractivity contribution in [3.05, 3.63) is 12.7 Å². The van der Waals surface area contributed by atoms with Crippen molar-refractivity contribution in [3.63, 3.8) is 0 Å². The molecule has 1 aliphatic rings. The molecule has 0 radical (unpaired) electrons. The van der Waals surface area contributed by atoms with Crippen LogP contribution in [0.3, 0.4) is 0 Å². The van der Waals surface area contributed by atoms with E-state index >= 15 is 0 Å². The summed E-state index contributed by atoms with van der Waals surface area (Å²) in [5, 5.41) is 19.9. The molecule has 2 aromatic rings. The Morgan fingerprint density at radius 1 is 0.979 bits per heavy atom. The topological polar surface area (TPSA) is 224 Å². The summed E-state index contributed by atoms with van der Waals surface area (Å²) in [5.41, 5.74) is 6.24. The van der Waals surface area contributed by atoms with Gasteiger partial charge in [0, 0.05) is 12.8 Å². The average Bonchev–Trinajstić information content (AvgIpc) is 3.56. The molecule has 3 heterocycles. The quantitative estimate of drug-likeness (QED) is 0.0612. The van der Waals surface area contributed by atoms with Crippen LogP contribution in [0.15, 0.2) is 12.7 Å². The number of imidazole rings is 1. The third-order valence-corrected chi connectivity index (χ3v) is 11.7. The number of hydrogen-bond donors (Lipinski definition) is 4. The fraction of sp³-hybridized carbons (Fsp3) is 0.828. The predicted molar refractivity (Wildman–Crippen MR) is 176 cm³/mol. The smallest absolute Gasteiger partial charge is 0.477 e. The van der Waals surface area contributed by atoms with E-state index in [2.05, 4.69) is 26.2 Å². The van der Waals surface area contributed by atoms with Gasteiger partial charge >= 0.3 is 7.82 Å². The number of phosphoric ester groups is 1. The van der Waals surface area contributed by atoms with Crippen molar-refractivity contribution in [2.45, 2.75) is 127 Å². The zero-order chi connectivity index (χ0) is 34.3. The van der Waals surface area contributed by atoms with E-state index < -0.39 is 58.1 Å². The molecule has 5 N–H and O–H groups in total. The van der Waals surface area contributed by atoms with Crippen molar-refractivity contribution in [2.24, 2.45) is 0 Å². The summed E-state index contributed by atoms with van der Waals surface area (Å²) in [5.74, 6) is 0.0952. The number of anilines is 1. The van der Waals surface area contributed by atoms with Gasteiger partial charge in [-0.3, -0.25) is 9.09 Å². The van der Waals surface area contributed by atoms with Crippen molar-refractivity contribution >= 4 is 44.0 Å². The first-order chi connectivity index (χ1) is 22.4. The number of alkyl halides is 1. The van der Waals surface area contributed by atoms with Crippen LogP contribution >= 0.6 is 27.0 Å². The highest BCUT2D eigenvalue weighted by Gasteiger charge is 2.45. The lowest BCUT2D eigenvalue weighted by Gasteiger charge is -2.27. The molecule has 47 heavy (non-hydrogen) atoms. The summed E-state index contributed by atoms with van der Waals surface area (Å²) < 4.78 is 46.4. The van der Waals surface area contributed by atoms with Crippen LogP contribution in [0, 0.1) is 0 Å². The highest BCUT2D eigenvalue weighted by Crippen LogP contribution is 2.58. The summed E-state index contributed by atoms with van der Waals surface area (Å²) in [6.07, 6.45) is 13.5. The number of unbranched alkanes of at least 4 members (excludes halogenated alkanes) is 13. The summed E-state index contributed by atoms with van der Waals surface area (Å²) in [7, 11) is -10.1. The number of aromatic nitrogens is 4. The summed E-state index contributed by atoms with van der Waals surface area (Å²) in [4.78, 5) is 34.4. The Bertz CT molecular complexity index is 1290. The number of nitrogen functional groups attached to an aromatic ring is 1. The first-order valence-electron chi connectivity index (χ1n) is 16.6. The number of nitrogens with two attached hydrogens (primary N) is 1. The number of aliphatic hydroxyl groups excluding tert-OH is 2. The van der Waals surface area contributed by atoms with E-state index in [1.807, 2.05) is 0 Å². The second-order valence-electron chi connectivity index (χ2n) is 12.0. The van der Waals surface area contributed by atoms with Crippen LogP contribution in [0.4, 0.5) is 5.82 Å². The van der Waals surface area contributed by atoms with Gasteiger partial charge in [-0.15, -0.1) is 11.6 Å². The first-order valence-corrected chi connectivity index (χ1v) is 20.2. The van der Waals surface area contributed by atoms with Crippen molar-refractivity contribution in [1.29, 1.82) is 0 Å². The molecule has 0 spiro atoms. The summed E-state index contributed by atoms with van der Waals surface area (Å²) in [6.45, 7) is 1.81. The van der Waals surface area contributed by atoms with Crippen LogP contribution in [-0.4, -0.2) is 84.3 Å². The van der Waals surface area contributed by atoms with Crippen LogP contribution in [0.2, 0.25) is 0 Å². The van der Waals surface area contributed by atoms with Crippen molar-refractivity contribution in [2.75, 3.05) is 31.7 Å². The number of aliphatic hydroxyl groups is 2. The molecule has 0 aliphatic carbocycles. The number of rotatable bonds is 25. The van der Waals surface area contributed by atoms with Gasteiger partial charge in [-0.1, -0.05) is 90.4 Å². The van der Waals surface area contributed by atoms with Gasteiger partial charge in [0.1, 0.15) is 37.8 Å². The molecule has 0 bridgehead atoms. The fourth-order valence-corrected chi connectivity index (χ4v) is 8.67. The molecule has 15 nitrogen and oxygen atoms in total. The Morgan fingerprint density at radius 2 is 1.57 bits per heavy atom. The molecule has 7 atom stereocenters. The largest absolute Gasteiger partial charge is 0.778 e. The maximum atomic E-state index is 12.4. The fourth-order valence-electron chi connectivity index (χ4n) is 5.44. The maximum absolute atomic E-state index is 12.4. The third kappa shape index (κ3) is 13.9. The number of hydrogen-bond acceptors (Lipinski definition) is 13.